The first-order valence-electron chi connectivity index (χ1n) is 5.55. The lowest BCUT2D eigenvalue weighted by Gasteiger charge is -2.32. The number of fused-ring (bicyclic) bond motifs is 1. The summed E-state index contributed by atoms with van der Waals surface area (Å²) in [6.07, 6.45) is -2.15. The third-order valence-corrected chi connectivity index (χ3v) is 2.85. The number of rotatable bonds is 3. The largest absolute Gasteiger partial charge is 0.493 e. The lowest BCUT2D eigenvalue weighted by molar-refractivity contribution is -0.208. The van der Waals surface area contributed by atoms with Crippen molar-refractivity contribution in [1.82, 2.24) is 0 Å². The summed E-state index contributed by atoms with van der Waals surface area (Å²) in [5.41, 5.74) is 0. The molecule has 2 aliphatic rings. The summed E-state index contributed by atoms with van der Waals surface area (Å²) >= 11 is 0. The van der Waals surface area contributed by atoms with Crippen molar-refractivity contribution in [2.24, 2.45) is 5.92 Å². The van der Waals surface area contributed by atoms with Gasteiger partial charge in [-0.25, -0.2) is 0 Å². The zero-order valence-electron chi connectivity index (χ0n) is 9.59. The zero-order valence-corrected chi connectivity index (χ0v) is 9.59. The van der Waals surface area contributed by atoms with Crippen LogP contribution in [-0.4, -0.2) is 43.1 Å². The third kappa shape index (κ3) is 2.08. The van der Waals surface area contributed by atoms with Gasteiger partial charge in [0, 0.05) is 5.92 Å². The summed E-state index contributed by atoms with van der Waals surface area (Å²) in [5, 5.41) is 9.63. The Morgan fingerprint density at radius 3 is 2.75 bits per heavy atom. The Balaban J connectivity index is 2.01. The molecule has 5 heteroatoms. The van der Waals surface area contributed by atoms with Gasteiger partial charge in [0.15, 0.2) is 6.29 Å². The summed E-state index contributed by atoms with van der Waals surface area (Å²) in [4.78, 5) is 0. The second-order valence-electron chi connectivity index (χ2n) is 4.13. The quantitative estimate of drug-likeness (QED) is 0.721. The summed E-state index contributed by atoms with van der Waals surface area (Å²) in [5.74, 6) is 0.629. The third-order valence-electron chi connectivity index (χ3n) is 2.85. The fraction of sp³-hybridized carbons (Fsp3) is 0.818. The van der Waals surface area contributed by atoms with Crippen molar-refractivity contribution in [3.63, 3.8) is 0 Å². The monoisotopic (exact) mass is 230 g/mol. The molecule has 0 radical (unpaired) electrons. The summed E-state index contributed by atoms with van der Waals surface area (Å²) < 4.78 is 21.6. The number of hydrogen-bond acceptors (Lipinski definition) is 5. The van der Waals surface area contributed by atoms with Crippen LogP contribution in [0.4, 0.5) is 0 Å². The zero-order chi connectivity index (χ0) is 11.7. The van der Waals surface area contributed by atoms with Crippen molar-refractivity contribution in [2.75, 3.05) is 13.2 Å². The molecule has 0 amide bonds. The molecule has 0 bridgehead atoms. The number of ether oxygens (including phenoxy) is 4. The van der Waals surface area contributed by atoms with E-state index in [1.54, 1.807) is 0 Å². The predicted octanol–water partition coefficient (Wildman–Crippen LogP) is 0.631. The van der Waals surface area contributed by atoms with Gasteiger partial charge < -0.3 is 24.1 Å². The molecule has 0 spiro atoms. The van der Waals surface area contributed by atoms with E-state index in [0.29, 0.717) is 19.0 Å². The van der Waals surface area contributed by atoms with Crippen molar-refractivity contribution in [1.29, 1.82) is 0 Å². The van der Waals surface area contributed by atoms with E-state index in [4.69, 9.17) is 18.9 Å². The van der Waals surface area contributed by atoms with E-state index in [1.807, 2.05) is 13.8 Å². The van der Waals surface area contributed by atoms with Crippen LogP contribution < -0.4 is 0 Å². The first-order valence-corrected chi connectivity index (χ1v) is 5.55. The molecule has 92 valence electrons. The van der Waals surface area contributed by atoms with Crippen LogP contribution >= 0.6 is 0 Å². The maximum absolute atomic E-state index is 9.63. The number of hydrogen-bond donors (Lipinski definition) is 1. The van der Waals surface area contributed by atoms with Crippen LogP contribution in [0.5, 0.6) is 0 Å². The van der Waals surface area contributed by atoms with Crippen LogP contribution in [0.2, 0.25) is 0 Å². The number of aliphatic hydroxyl groups is 1. The van der Waals surface area contributed by atoms with Crippen molar-refractivity contribution >= 4 is 0 Å². The molecule has 0 aromatic heterocycles. The number of aliphatic hydroxyl groups excluding tert-OH is 1. The highest BCUT2D eigenvalue weighted by Crippen LogP contribution is 2.34. The fourth-order valence-electron chi connectivity index (χ4n) is 2.01. The van der Waals surface area contributed by atoms with Gasteiger partial charge in [0.1, 0.15) is 11.9 Å². The van der Waals surface area contributed by atoms with E-state index in [9.17, 15) is 5.11 Å². The molecule has 2 heterocycles. The SMILES string of the molecule is C=C(OCC)C1OC2C(C)COC(O)C2O1. The standard InChI is InChI=1S/C11H18O5/c1-4-13-7(3)11-15-8-6(2)5-14-10(12)9(8)16-11/h6,8-12H,3-5H2,1-2H3. The fourth-order valence-corrected chi connectivity index (χ4v) is 2.01. The molecule has 5 unspecified atom stereocenters. The molecular weight excluding hydrogens is 212 g/mol. The van der Waals surface area contributed by atoms with Crippen LogP contribution in [0.15, 0.2) is 12.3 Å². The van der Waals surface area contributed by atoms with Crippen molar-refractivity contribution < 1.29 is 24.1 Å². The predicted molar refractivity (Wildman–Crippen MR) is 55.4 cm³/mol. The highest BCUT2D eigenvalue weighted by Gasteiger charge is 2.48. The van der Waals surface area contributed by atoms with Gasteiger partial charge in [-0.1, -0.05) is 13.5 Å². The molecule has 0 aromatic rings. The molecule has 0 saturated carbocycles. The van der Waals surface area contributed by atoms with Crippen molar-refractivity contribution in [3.05, 3.63) is 12.3 Å². The van der Waals surface area contributed by atoms with E-state index < -0.39 is 18.7 Å². The second-order valence-corrected chi connectivity index (χ2v) is 4.13. The van der Waals surface area contributed by atoms with E-state index in [2.05, 4.69) is 6.58 Å². The second kappa shape index (κ2) is 4.71. The Bertz CT molecular complexity index is 249. The highest BCUT2D eigenvalue weighted by molar-refractivity contribution is 4.96. The van der Waals surface area contributed by atoms with Gasteiger partial charge in [-0.15, -0.1) is 0 Å². The van der Waals surface area contributed by atoms with Gasteiger partial charge in [0.25, 0.3) is 0 Å². The van der Waals surface area contributed by atoms with E-state index >= 15 is 0 Å². The van der Waals surface area contributed by atoms with Gasteiger partial charge in [-0.05, 0) is 6.92 Å². The molecule has 2 aliphatic heterocycles. The molecule has 1 N–H and O–H groups in total. The Labute approximate surface area is 94.9 Å². The molecule has 5 nitrogen and oxygen atoms in total. The van der Waals surface area contributed by atoms with Crippen LogP contribution in [0.3, 0.4) is 0 Å². The maximum atomic E-state index is 9.63. The molecule has 2 rings (SSSR count). The summed E-state index contributed by atoms with van der Waals surface area (Å²) in [6.45, 7) is 8.60. The Hall–Kier alpha value is -0.620. The first-order chi connectivity index (χ1) is 7.63. The molecule has 5 atom stereocenters. The Morgan fingerprint density at radius 1 is 1.44 bits per heavy atom. The molecule has 16 heavy (non-hydrogen) atoms. The average Bonchev–Trinajstić information content (AvgIpc) is 2.70. The highest BCUT2D eigenvalue weighted by atomic mass is 16.8. The molecule has 2 fully saturated rings. The Morgan fingerprint density at radius 2 is 2.12 bits per heavy atom. The van der Waals surface area contributed by atoms with Crippen LogP contribution in [0.1, 0.15) is 13.8 Å². The van der Waals surface area contributed by atoms with Gasteiger partial charge >= 0.3 is 0 Å². The van der Waals surface area contributed by atoms with E-state index in [0.717, 1.165) is 0 Å². The van der Waals surface area contributed by atoms with Gasteiger partial charge in [0.05, 0.1) is 19.3 Å². The van der Waals surface area contributed by atoms with Gasteiger partial charge in [-0.3, -0.25) is 0 Å². The smallest absolute Gasteiger partial charge is 0.216 e. The summed E-state index contributed by atoms with van der Waals surface area (Å²) in [6, 6.07) is 0. The van der Waals surface area contributed by atoms with Crippen LogP contribution in [-0.2, 0) is 18.9 Å². The van der Waals surface area contributed by atoms with E-state index in [1.165, 1.54) is 0 Å². The normalized spacial score (nSPS) is 42.8. The van der Waals surface area contributed by atoms with Crippen LogP contribution in [0, 0.1) is 5.92 Å². The Kier molecular flexibility index (Phi) is 3.49. The molecule has 0 aromatic carbocycles. The van der Waals surface area contributed by atoms with Crippen molar-refractivity contribution in [2.45, 2.75) is 38.6 Å². The lowest BCUT2D eigenvalue weighted by atomic mass is 9.98. The topological polar surface area (TPSA) is 57.2 Å². The molecule has 2 saturated heterocycles. The molecular formula is C11H18O5. The van der Waals surface area contributed by atoms with E-state index in [-0.39, 0.29) is 12.0 Å². The minimum atomic E-state index is -0.930. The first kappa shape index (κ1) is 11.9. The molecule has 0 aliphatic carbocycles. The average molecular weight is 230 g/mol. The summed E-state index contributed by atoms with van der Waals surface area (Å²) in [7, 11) is 0. The minimum absolute atomic E-state index is 0.161. The lowest BCUT2D eigenvalue weighted by Crippen LogP contribution is -2.47. The van der Waals surface area contributed by atoms with Gasteiger partial charge in [0.2, 0.25) is 6.29 Å². The van der Waals surface area contributed by atoms with Gasteiger partial charge in [-0.2, -0.15) is 0 Å². The van der Waals surface area contributed by atoms with Crippen LogP contribution in [0.25, 0.3) is 0 Å². The maximum Gasteiger partial charge on any atom is 0.216 e. The van der Waals surface area contributed by atoms with Crippen molar-refractivity contribution in [3.8, 4) is 0 Å². The minimum Gasteiger partial charge on any atom is -0.493 e.